The van der Waals surface area contributed by atoms with E-state index in [0.717, 1.165) is 56.8 Å². The van der Waals surface area contributed by atoms with Crippen molar-refractivity contribution < 1.29 is 29.1 Å². The second kappa shape index (κ2) is 8.94. The van der Waals surface area contributed by atoms with Gasteiger partial charge in [-0.25, -0.2) is 0 Å². The van der Waals surface area contributed by atoms with Gasteiger partial charge in [0.05, 0.1) is 0 Å². The SMILES string of the molecule is CC(C)(Oc1ccc(C2CCC3(CC2)OOC2(OO3)C3CCC4CC(C3)CC2C4)cc1)C(=O)NC1CC1. The van der Waals surface area contributed by atoms with Crippen molar-refractivity contribution in [3.63, 3.8) is 0 Å². The number of carbonyl (C=O) groups excluding carboxylic acids is 1. The fourth-order valence-electron chi connectivity index (χ4n) is 7.85. The molecule has 202 valence electrons. The van der Waals surface area contributed by atoms with Gasteiger partial charge < -0.3 is 10.1 Å². The summed E-state index contributed by atoms with van der Waals surface area (Å²) in [6.07, 6.45) is 12.8. The van der Waals surface area contributed by atoms with Crippen LogP contribution in [0.2, 0.25) is 0 Å². The highest BCUT2D eigenvalue weighted by Crippen LogP contribution is 2.60. The molecule has 2 spiro atoms. The van der Waals surface area contributed by atoms with Gasteiger partial charge >= 0.3 is 0 Å². The Hall–Kier alpha value is -1.67. The summed E-state index contributed by atoms with van der Waals surface area (Å²) in [5.41, 5.74) is 0.374. The van der Waals surface area contributed by atoms with Crippen LogP contribution in [0, 0.1) is 23.7 Å². The summed E-state index contributed by atoms with van der Waals surface area (Å²) in [6, 6.07) is 8.52. The fraction of sp³-hybridized carbons (Fsp3) is 0.767. The first-order valence-corrected chi connectivity index (χ1v) is 14.7. The average Bonchev–Trinajstić information content (AvgIpc) is 3.73. The van der Waals surface area contributed by atoms with Gasteiger partial charge in [-0.05, 0) is 114 Å². The van der Waals surface area contributed by atoms with Crippen molar-refractivity contribution in [2.24, 2.45) is 23.7 Å². The summed E-state index contributed by atoms with van der Waals surface area (Å²) in [4.78, 5) is 37.3. The summed E-state index contributed by atoms with van der Waals surface area (Å²) >= 11 is 0. The first-order chi connectivity index (χ1) is 17.8. The Bertz CT molecular complexity index is 991. The number of rotatable bonds is 5. The molecule has 0 aromatic heterocycles. The zero-order valence-electron chi connectivity index (χ0n) is 22.2. The molecule has 37 heavy (non-hydrogen) atoms. The first kappa shape index (κ1) is 24.4. The highest BCUT2D eigenvalue weighted by atomic mass is 17.4. The summed E-state index contributed by atoms with van der Waals surface area (Å²) in [7, 11) is 0. The number of hydrogen-bond acceptors (Lipinski definition) is 6. The molecule has 1 aromatic carbocycles. The zero-order chi connectivity index (χ0) is 25.3. The van der Waals surface area contributed by atoms with Crippen molar-refractivity contribution in [3.8, 4) is 5.75 Å². The molecule has 1 heterocycles. The average molecular weight is 512 g/mol. The van der Waals surface area contributed by atoms with E-state index in [-0.39, 0.29) is 5.91 Å². The molecule has 6 aliphatic carbocycles. The van der Waals surface area contributed by atoms with Gasteiger partial charge in [-0.2, -0.15) is 19.6 Å². The van der Waals surface area contributed by atoms with E-state index in [1.165, 1.54) is 37.7 Å². The number of benzene rings is 1. The minimum Gasteiger partial charge on any atom is -0.478 e. The number of hydrogen-bond donors (Lipinski definition) is 1. The molecule has 1 aliphatic heterocycles. The van der Waals surface area contributed by atoms with Crippen molar-refractivity contribution >= 4 is 5.91 Å². The van der Waals surface area contributed by atoms with Gasteiger partial charge in [-0.1, -0.05) is 12.1 Å². The third-order valence-corrected chi connectivity index (χ3v) is 10.2. The molecule has 1 saturated heterocycles. The lowest BCUT2D eigenvalue weighted by Gasteiger charge is -2.54. The highest BCUT2D eigenvalue weighted by molar-refractivity contribution is 5.85. The second-order valence-corrected chi connectivity index (χ2v) is 13.3. The minimum absolute atomic E-state index is 0.0559. The molecule has 1 amide bonds. The van der Waals surface area contributed by atoms with Crippen molar-refractivity contribution in [1.29, 1.82) is 0 Å². The second-order valence-electron chi connectivity index (χ2n) is 13.3. The molecule has 1 N–H and O–H groups in total. The molecule has 1 aromatic rings. The Kier molecular flexibility index (Phi) is 5.89. The summed E-state index contributed by atoms with van der Waals surface area (Å²) in [5.74, 6) is 1.97. The van der Waals surface area contributed by atoms with Gasteiger partial charge in [0.25, 0.3) is 5.91 Å². The molecule has 7 fully saturated rings. The number of ether oxygens (including phenoxy) is 1. The van der Waals surface area contributed by atoms with Crippen LogP contribution >= 0.6 is 0 Å². The molecule has 7 aliphatic rings. The van der Waals surface area contributed by atoms with Gasteiger partial charge in [0, 0.05) is 30.7 Å². The van der Waals surface area contributed by atoms with E-state index in [2.05, 4.69) is 17.4 Å². The Morgan fingerprint density at radius 2 is 1.51 bits per heavy atom. The van der Waals surface area contributed by atoms with Gasteiger partial charge in [-0.3, -0.25) is 4.79 Å². The lowest BCUT2D eigenvalue weighted by Crippen LogP contribution is -2.61. The van der Waals surface area contributed by atoms with E-state index < -0.39 is 17.2 Å². The summed E-state index contributed by atoms with van der Waals surface area (Å²) in [5, 5.41) is 3.03. The van der Waals surface area contributed by atoms with Crippen LogP contribution in [-0.4, -0.2) is 29.1 Å². The lowest BCUT2D eigenvalue weighted by molar-refractivity contribution is -0.677. The number of fused-ring (bicyclic) bond motifs is 1. The van der Waals surface area contributed by atoms with Gasteiger partial charge in [-0.15, -0.1) is 0 Å². The van der Waals surface area contributed by atoms with Crippen LogP contribution in [0.3, 0.4) is 0 Å². The van der Waals surface area contributed by atoms with Gasteiger partial charge in [0.15, 0.2) is 5.60 Å². The zero-order valence-corrected chi connectivity index (χ0v) is 22.2. The third-order valence-electron chi connectivity index (χ3n) is 10.2. The maximum atomic E-state index is 12.5. The summed E-state index contributed by atoms with van der Waals surface area (Å²) < 4.78 is 6.04. The van der Waals surface area contributed by atoms with E-state index in [4.69, 9.17) is 24.3 Å². The van der Waals surface area contributed by atoms with E-state index in [1.807, 2.05) is 26.0 Å². The lowest BCUT2D eigenvalue weighted by atomic mass is 9.64. The maximum Gasteiger partial charge on any atom is 0.263 e. The quantitative estimate of drug-likeness (QED) is 0.494. The molecule has 6 saturated carbocycles. The van der Waals surface area contributed by atoms with Crippen molar-refractivity contribution in [1.82, 2.24) is 5.32 Å². The van der Waals surface area contributed by atoms with Crippen LogP contribution in [-0.2, 0) is 24.3 Å². The third kappa shape index (κ3) is 4.50. The number of amides is 1. The van der Waals surface area contributed by atoms with Gasteiger partial charge in [0.1, 0.15) is 5.75 Å². The van der Waals surface area contributed by atoms with Crippen molar-refractivity contribution in [2.45, 2.75) is 120 Å². The Labute approximate surface area is 219 Å². The molecular formula is C30H41NO6. The number of carbonyl (C=O) groups is 1. The van der Waals surface area contributed by atoms with Crippen molar-refractivity contribution in [3.05, 3.63) is 29.8 Å². The molecule has 8 rings (SSSR count). The van der Waals surface area contributed by atoms with Gasteiger partial charge in [0.2, 0.25) is 11.6 Å². The summed E-state index contributed by atoms with van der Waals surface area (Å²) in [6.45, 7) is 3.64. The topological polar surface area (TPSA) is 75.2 Å². The largest absolute Gasteiger partial charge is 0.478 e. The molecule has 4 bridgehead atoms. The predicted molar refractivity (Wildman–Crippen MR) is 135 cm³/mol. The predicted octanol–water partition coefficient (Wildman–Crippen LogP) is 5.93. The molecule has 0 radical (unpaired) electrons. The molecule has 4 unspecified atom stereocenters. The number of nitrogens with one attached hydrogen (secondary N) is 1. The Morgan fingerprint density at radius 3 is 2.22 bits per heavy atom. The fourth-order valence-corrected chi connectivity index (χ4v) is 7.85. The van der Waals surface area contributed by atoms with Crippen LogP contribution in [0.15, 0.2) is 24.3 Å². The standard InChI is InChI=1S/C30H41NO6/c1-28(2,27(32)31-25-7-8-25)33-26-9-4-21(5-10-26)22-11-13-29(14-12-22)34-36-30(37-35-29)23-6-3-19-15-20(17-23)18-24(30)16-19/h4-5,9-10,19-20,22-25H,3,6-8,11-18H2,1-2H3,(H,31,32). The first-order valence-electron chi connectivity index (χ1n) is 14.7. The van der Waals surface area contributed by atoms with Crippen LogP contribution in [0.5, 0.6) is 5.75 Å². The normalized spacial score (nSPS) is 41.1. The smallest absolute Gasteiger partial charge is 0.263 e. The van der Waals surface area contributed by atoms with E-state index >= 15 is 0 Å². The minimum atomic E-state index is -0.898. The molecule has 7 nitrogen and oxygen atoms in total. The van der Waals surface area contributed by atoms with Crippen LogP contribution < -0.4 is 10.1 Å². The molecular weight excluding hydrogens is 470 g/mol. The van der Waals surface area contributed by atoms with E-state index in [1.54, 1.807) is 0 Å². The Balaban J connectivity index is 0.946. The van der Waals surface area contributed by atoms with E-state index in [9.17, 15) is 4.79 Å². The van der Waals surface area contributed by atoms with Crippen LogP contribution in [0.25, 0.3) is 0 Å². The highest BCUT2D eigenvalue weighted by Gasteiger charge is 2.62. The van der Waals surface area contributed by atoms with Crippen molar-refractivity contribution in [2.75, 3.05) is 0 Å². The molecule has 7 heteroatoms. The van der Waals surface area contributed by atoms with E-state index in [0.29, 0.717) is 29.5 Å². The molecule has 4 atom stereocenters. The van der Waals surface area contributed by atoms with Crippen LogP contribution in [0.1, 0.15) is 102 Å². The van der Waals surface area contributed by atoms with Crippen LogP contribution in [0.4, 0.5) is 0 Å². The maximum absolute atomic E-state index is 12.5. The monoisotopic (exact) mass is 511 g/mol. The Morgan fingerprint density at radius 1 is 0.838 bits per heavy atom.